The van der Waals surface area contributed by atoms with E-state index in [2.05, 4.69) is 9.71 Å². The smallest absolute Gasteiger partial charge is 0.266 e. The molecule has 0 bridgehead atoms. The molecule has 0 atom stereocenters. The number of hydrogen-bond acceptors (Lipinski definition) is 4. The van der Waals surface area contributed by atoms with Gasteiger partial charge in [-0.3, -0.25) is 4.72 Å². The van der Waals surface area contributed by atoms with E-state index in [0.717, 1.165) is 16.8 Å². The number of nitrogens with zero attached hydrogens (tertiary/aromatic N) is 1. The van der Waals surface area contributed by atoms with Gasteiger partial charge in [0.25, 0.3) is 10.0 Å². The molecule has 0 unspecified atom stereocenters. The van der Waals surface area contributed by atoms with Gasteiger partial charge in [-0.15, -0.1) is 0 Å². The lowest BCUT2D eigenvalue weighted by Crippen LogP contribution is -2.16. The van der Waals surface area contributed by atoms with Crippen LogP contribution in [0.4, 0.5) is 5.82 Å². The first-order chi connectivity index (χ1) is 10.3. The molecule has 0 radical (unpaired) electrons. The summed E-state index contributed by atoms with van der Waals surface area (Å²) < 4.78 is 33.3. The molecule has 5 nitrogen and oxygen atoms in total. The molecule has 2 rings (SSSR count). The molecule has 0 fully saturated rings. The Bertz CT molecular complexity index is 786. The van der Waals surface area contributed by atoms with Gasteiger partial charge in [0.05, 0.1) is 6.61 Å². The second kappa shape index (κ2) is 6.36. The van der Waals surface area contributed by atoms with Crippen molar-refractivity contribution in [3.8, 4) is 5.75 Å². The van der Waals surface area contributed by atoms with Gasteiger partial charge in [0, 0.05) is 5.69 Å². The molecular weight excluding hydrogens is 300 g/mol. The average Bonchev–Trinajstić information content (AvgIpc) is 2.42. The molecular formula is C16H20N2O3S. The van der Waals surface area contributed by atoms with Gasteiger partial charge in [-0.05, 0) is 63.1 Å². The van der Waals surface area contributed by atoms with Crippen molar-refractivity contribution in [1.82, 2.24) is 4.98 Å². The predicted octanol–water partition coefficient (Wildman–Crippen LogP) is 3.21. The number of pyridine rings is 1. The lowest BCUT2D eigenvalue weighted by atomic mass is 10.1. The van der Waals surface area contributed by atoms with E-state index in [9.17, 15) is 8.42 Å². The Balaban J connectivity index is 2.46. The molecule has 0 aliphatic rings. The largest absolute Gasteiger partial charge is 0.492 e. The van der Waals surface area contributed by atoms with Gasteiger partial charge in [-0.2, -0.15) is 0 Å². The third-order valence-corrected chi connectivity index (χ3v) is 4.65. The van der Waals surface area contributed by atoms with Gasteiger partial charge in [0.15, 0.2) is 0 Å². The van der Waals surface area contributed by atoms with E-state index >= 15 is 0 Å². The first-order valence-corrected chi connectivity index (χ1v) is 8.52. The van der Waals surface area contributed by atoms with Crippen LogP contribution in [-0.2, 0) is 10.0 Å². The quantitative estimate of drug-likeness (QED) is 0.918. The summed E-state index contributed by atoms with van der Waals surface area (Å²) in [6, 6.07) is 8.55. The summed E-state index contributed by atoms with van der Waals surface area (Å²) in [5.74, 6) is 0.645. The molecule has 0 amide bonds. The van der Waals surface area contributed by atoms with Gasteiger partial charge in [-0.25, -0.2) is 13.4 Å². The van der Waals surface area contributed by atoms with Crippen molar-refractivity contribution in [2.75, 3.05) is 11.3 Å². The van der Waals surface area contributed by atoms with Crippen molar-refractivity contribution in [1.29, 1.82) is 0 Å². The Morgan fingerprint density at radius 2 is 1.82 bits per heavy atom. The zero-order chi connectivity index (χ0) is 16.3. The molecule has 118 valence electrons. The second-order valence-corrected chi connectivity index (χ2v) is 6.74. The van der Waals surface area contributed by atoms with E-state index in [1.165, 1.54) is 0 Å². The normalized spacial score (nSPS) is 11.3. The maximum Gasteiger partial charge on any atom is 0.266 e. The van der Waals surface area contributed by atoms with Crippen molar-refractivity contribution >= 4 is 15.8 Å². The number of anilines is 1. The Morgan fingerprint density at radius 1 is 1.14 bits per heavy atom. The maximum atomic E-state index is 12.6. The second-order valence-electron chi connectivity index (χ2n) is 5.09. The molecule has 0 aliphatic carbocycles. The fraction of sp³-hybridized carbons (Fsp3) is 0.312. The number of aryl methyl sites for hydroxylation is 3. The summed E-state index contributed by atoms with van der Waals surface area (Å²) in [5, 5.41) is 0. The highest BCUT2D eigenvalue weighted by Crippen LogP contribution is 2.29. The van der Waals surface area contributed by atoms with Gasteiger partial charge in [-0.1, -0.05) is 6.07 Å². The number of ether oxygens (including phenoxy) is 1. The van der Waals surface area contributed by atoms with E-state index in [-0.39, 0.29) is 4.90 Å². The molecule has 0 saturated heterocycles. The van der Waals surface area contributed by atoms with Crippen molar-refractivity contribution in [2.45, 2.75) is 32.6 Å². The lowest BCUT2D eigenvalue weighted by molar-refractivity contribution is 0.331. The molecule has 1 aromatic heterocycles. The lowest BCUT2D eigenvalue weighted by Gasteiger charge is -2.14. The van der Waals surface area contributed by atoms with Crippen molar-refractivity contribution < 1.29 is 13.2 Å². The van der Waals surface area contributed by atoms with Crippen LogP contribution in [0.25, 0.3) is 0 Å². The summed E-state index contributed by atoms with van der Waals surface area (Å²) >= 11 is 0. The number of aromatic nitrogens is 1. The Kier molecular flexibility index (Phi) is 4.71. The molecule has 2 aromatic rings. The van der Waals surface area contributed by atoms with E-state index in [1.807, 2.05) is 20.8 Å². The monoisotopic (exact) mass is 320 g/mol. The molecule has 22 heavy (non-hydrogen) atoms. The zero-order valence-corrected chi connectivity index (χ0v) is 14.0. The fourth-order valence-corrected chi connectivity index (χ4v) is 3.25. The van der Waals surface area contributed by atoms with Crippen molar-refractivity contribution in [2.24, 2.45) is 0 Å². The van der Waals surface area contributed by atoms with Crippen LogP contribution in [0.1, 0.15) is 23.7 Å². The summed E-state index contributed by atoms with van der Waals surface area (Å²) in [7, 11) is -3.76. The number of benzene rings is 1. The van der Waals surface area contributed by atoms with Crippen LogP contribution >= 0.6 is 0 Å². The van der Waals surface area contributed by atoms with Crippen LogP contribution in [0.5, 0.6) is 5.75 Å². The third-order valence-electron chi connectivity index (χ3n) is 3.28. The van der Waals surface area contributed by atoms with Gasteiger partial charge < -0.3 is 4.74 Å². The minimum atomic E-state index is -3.76. The molecule has 1 aromatic carbocycles. The van der Waals surface area contributed by atoms with Crippen LogP contribution in [0.15, 0.2) is 35.2 Å². The van der Waals surface area contributed by atoms with Crippen LogP contribution in [-0.4, -0.2) is 20.0 Å². The van der Waals surface area contributed by atoms with Gasteiger partial charge >= 0.3 is 0 Å². The predicted molar refractivity (Wildman–Crippen MR) is 86.9 cm³/mol. The highest BCUT2D eigenvalue weighted by molar-refractivity contribution is 7.92. The molecule has 1 N–H and O–H groups in total. The van der Waals surface area contributed by atoms with Gasteiger partial charge in [0.2, 0.25) is 0 Å². The fourth-order valence-electron chi connectivity index (χ4n) is 2.03. The minimum Gasteiger partial charge on any atom is -0.492 e. The highest BCUT2D eigenvalue weighted by Gasteiger charge is 2.21. The zero-order valence-electron chi connectivity index (χ0n) is 13.2. The van der Waals surface area contributed by atoms with Crippen LogP contribution in [0.3, 0.4) is 0 Å². The third kappa shape index (κ3) is 3.57. The summed E-state index contributed by atoms with van der Waals surface area (Å²) in [5.41, 5.74) is 2.61. The molecule has 0 aliphatic heterocycles. The van der Waals surface area contributed by atoms with Crippen molar-refractivity contribution in [3.63, 3.8) is 0 Å². The number of hydrogen-bond donors (Lipinski definition) is 1. The standard InChI is InChI=1S/C16H20N2O3S/c1-5-21-14-9-11(2)12(3)10-15(14)22(19,20)18-16-8-6-7-13(4)17-16/h6-10H,5H2,1-4H3,(H,17,18). The average molecular weight is 320 g/mol. The molecule has 0 spiro atoms. The number of sulfonamides is 1. The summed E-state index contributed by atoms with van der Waals surface area (Å²) in [4.78, 5) is 4.29. The Labute approximate surface area is 131 Å². The van der Waals surface area contributed by atoms with Crippen LogP contribution < -0.4 is 9.46 Å². The SMILES string of the molecule is CCOc1cc(C)c(C)cc1S(=O)(=O)Nc1cccc(C)n1. The summed E-state index contributed by atoms with van der Waals surface area (Å²) in [6.45, 7) is 7.81. The van der Waals surface area contributed by atoms with Gasteiger partial charge in [0.1, 0.15) is 16.5 Å². The van der Waals surface area contributed by atoms with E-state index < -0.39 is 10.0 Å². The van der Waals surface area contributed by atoms with E-state index in [4.69, 9.17) is 4.74 Å². The maximum absolute atomic E-state index is 12.6. The topological polar surface area (TPSA) is 68.3 Å². The molecule has 6 heteroatoms. The number of nitrogens with one attached hydrogen (secondary N) is 1. The Hall–Kier alpha value is -2.08. The molecule has 1 heterocycles. The minimum absolute atomic E-state index is 0.126. The van der Waals surface area contributed by atoms with E-state index in [1.54, 1.807) is 37.3 Å². The van der Waals surface area contributed by atoms with Crippen molar-refractivity contribution in [3.05, 3.63) is 47.2 Å². The molecule has 0 saturated carbocycles. The summed E-state index contributed by atoms with van der Waals surface area (Å²) in [6.07, 6.45) is 0. The van der Waals surface area contributed by atoms with Crippen LogP contribution in [0.2, 0.25) is 0 Å². The Morgan fingerprint density at radius 3 is 2.45 bits per heavy atom. The number of rotatable bonds is 5. The first-order valence-electron chi connectivity index (χ1n) is 7.04. The van der Waals surface area contributed by atoms with E-state index in [0.29, 0.717) is 18.2 Å². The first kappa shape index (κ1) is 16.3. The van der Waals surface area contributed by atoms with Crippen LogP contribution in [0, 0.1) is 20.8 Å². The highest BCUT2D eigenvalue weighted by atomic mass is 32.2.